The van der Waals surface area contributed by atoms with E-state index in [1.165, 1.54) is 5.56 Å². The molecule has 178 valence electrons. The lowest BCUT2D eigenvalue weighted by molar-refractivity contribution is 0.102. The number of nitrogens with zero attached hydrogens (tertiary/aromatic N) is 4. The fourth-order valence-corrected chi connectivity index (χ4v) is 4.32. The van der Waals surface area contributed by atoms with Crippen LogP contribution in [0.3, 0.4) is 0 Å². The Morgan fingerprint density at radius 1 is 0.886 bits per heavy atom. The van der Waals surface area contributed by atoms with Gasteiger partial charge in [-0.25, -0.2) is 0 Å². The average Bonchev–Trinajstić information content (AvgIpc) is 3.41. The summed E-state index contributed by atoms with van der Waals surface area (Å²) in [7, 11) is 0. The minimum Gasteiger partial charge on any atom is -0.334 e. The molecule has 1 N–H and O–H groups in total. The molecule has 1 amide bonds. The highest BCUT2D eigenvalue weighted by Gasteiger charge is 2.19. The van der Waals surface area contributed by atoms with Crippen LogP contribution in [0.15, 0.2) is 83.4 Å². The number of hydrogen-bond acceptors (Lipinski definition) is 6. The molecule has 1 saturated heterocycles. The number of benzene rings is 3. The molecule has 0 bridgehead atoms. The van der Waals surface area contributed by atoms with E-state index < -0.39 is 0 Å². The number of anilines is 1. The molecule has 7 nitrogen and oxygen atoms in total. The molecule has 0 unspecified atom stereocenters. The zero-order valence-electron chi connectivity index (χ0n) is 19.9. The van der Waals surface area contributed by atoms with Gasteiger partial charge in [-0.2, -0.15) is 4.98 Å². The highest BCUT2D eigenvalue weighted by molar-refractivity contribution is 6.08. The number of carbonyl (C=O) groups excluding carboxylic acids is 1. The standard InChI is InChI=1S/C28H29N5O2/c1-2-32-16-18-33(19-17-32)20-21-12-14-23(15-13-21)29-27(34)24-10-6-7-11-25(24)28-30-26(31-35-28)22-8-4-3-5-9-22/h3-15H,2,16-20H2,1H3,(H,29,34). The number of aromatic nitrogens is 2. The summed E-state index contributed by atoms with van der Waals surface area (Å²) in [6.07, 6.45) is 0. The molecule has 0 saturated carbocycles. The molecule has 0 spiro atoms. The number of piperazine rings is 1. The van der Waals surface area contributed by atoms with E-state index in [0.717, 1.165) is 50.5 Å². The largest absolute Gasteiger partial charge is 0.334 e. The van der Waals surface area contributed by atoms with E-state index in [9.17, 15) is 4.79 Å². The Labute approximate surface area is 205 Å². The number of nitrogens with one attached hydrogen (secondary N) is 1. The van der Waals surface area contributed by atoms with Crippen LogP contribution in [0.4, 0.5) is 5.69 Å². The lowest BCUT2D eigenvalue weighted by Gasteiger charge is -2.34. The predicted octanol–water partition coefficient (Wildman–Crippen LogP) is 4.79. The summed E-state index contributed by atoms with van der Waals surface area (Å²) >= 11 is 0. The molecule has 7 heteroatoms. The first-order valence-corrected chi connectivity index (χ1v) is 12.0. The Morgan fingerprint density at radius 2 is 1.57 bits per heavy atom. The topological polar surface area (TPSA) is 74.5 Å². The summed E-state index contributed by atoms with van der Waals surface area (Å²) in [5, 5.41) is 7.09. The molecule has 35 heavy (non-hydrogen) atoms. The molecule has 5 rings (SSSR count). The van der Waals surface area contributed by atoms with Gasteiger partial charge in [-0.1, -0.05) is 66.7 Å². The Balaban J connectivity index is 1.26. The molecule has 0 aliphatic carbocycles. The molecule has 0 atom stereocenters. The first-order valence-electron chi connectivity index (χ1n) is 12.0. The Bertz CT molecular complexity index is 1260. The van der Waals surface area contributed by atoms with Crippen LogP contribution in [0.5, 0.6) is 0 Å². The maximum Gasteiger partial charge on any atom is 0.259 e. The van der Waals surface area contributed by atoms with Gasteiger partial charge in [0, 0.05) is 44.0 Å². The van der Waals surface area contributed by atoms with Crippen molar-refractivity contribution in [3.8, 4) is 22.8 Å². The number of likely N-dealkylation sites (N-methyl/N-ethyl adjacent to an activating group) is 1. The monoisotopic (exact) mass is 467 g/mol. The summed E-state index contributed by atoms with van der Waals surface area (Å²) in [5.74, 6) is 0.583. The van der Waals surface area contributed by atoms with E-state index in [-0.39, 0.29) is 5.91 Å². The van der Waals surface area contributed by atoms with Gasteiger partial charge in [0.1, 0.15) is 0 Å². The zero-order chi connectivity index (χ0) is 24.0. The van der Waals surface area contributed by atoms with Crippen LogP contribution in [0.25, 0.3) is 22.8 Å². The molecule has 0 radical (unpaired) electrons. The first kappa shape index (κ1) is 23.0. The SMILES string of the molecule is CCN1CCN(Cc2ccc(NC(=O)c3ccccc3-c3nc(-c4ccccc4)no3)cc2)CC1. The number of amides is 1. The Morgan fingerprint density at radius 3 is 2.31 bits per heavy atom. The van der Waals surface area contributed by atoms with Crippen molar-refractivity contribution < 1.29 is 9.32 Å². The van der Waals surface area contributed by atoms with Gasteiger partial charge >= 0.3 is 0 Å². The molecule has 1 fully saturated rings. The minimum atomic E-state index is -0.219. The van der Waals surface area contributed by atoms with Gasteiger partial charge in [0.25, 0.3) is 11.8 Å². The van der Waals surface area contributed by atoms with Crippen LogP contribution < -0.4 is 5.32 Å². The lowest BCUT2D eigenvalue weighted by atomic mass is 10.1. The van der Waals surface area contributed by atoms with E-state index in [1.54, 1.807) is 6.07 Å². The van der Waals surface area contributed by atoms with Crippen molar-refractivity contribution in [2.45, 2.75) is 13.5 Å². The highest BCUT2D eigenvalue weighted by atomic mass is 16.5. The highest BCUT2D eigenvalue weighted by Crippen LogP contribution is 2.26. The Kier molecular flexibility index (Phi) is 6.97. The van der Waals surface area contributed by atoms with Crippen molar-refractivity contribution in [1.82, 2.24) is 19.9 Å². The molecular formula is C28H29N5O2. The maximum absolute atomic E-state index is 13.1. The second kappa shape index (κ2) is 10.6. The van der Waals surface area contributed by atoms with Gasteiger partial charge in [0.15, 0.2) is 0 Å². The smallest absolute Gasteiger partial charge is 0.259 e. The fraction of sp³-hybridized carbons (Fsp3) is 0.250. The number of carbonyl (C=O) groups is 1. The minimum absolute atomic E-state index is 0.219. The lowest BCUT2D eigenvalue weighted by Crippen LogP contribution is -2.45. The third-order valence-corrected chi connectivity index (χ3v) is 6.39. The number of hydrogen-bond donors (Lipinski definition) is 1. The molecular weight excluding hydrogens is 438 g/mol. The van der Waals surface area contributed by atoms with Crippen LogP contribution in [-0.2, 0) is 6.54 Å². The van der Waals surface area contributed by atoms with Crippen LogP contribution in [-0.4, -0.2) is 58.6 Å². The van der Waals surface area contributed by atoms with Crippen molar-refractivity contribution in [2.24, 2.45) is 0 Å². The first-order chi connectivity index (χ1) is 17.2. The summed E-state index contributed by atoms with van der Waals surface area (Å²) in [5.41, 5.74) is 3.93. The number of rotatable bonds is 7. The third-order valence-electron chi connectivity index (χ3n) is 6.39. The van der Waals surface area contributed by atoms with Gasteiger partial charge in [-0.3, -0.25) is 9.69 Å². The quantitative estimate of drug-likeness (QED) is 0.421. The average molecular weight is 468 g/mol. The van der Waals surface area contributed by atoms with E-state index in [4.69, 9.17) is 4.52 Å². The molecule has 2 heterocycles. The summed E-state index contributed by atoms with van der Waals surface area (Å²) in [6, 6.07) is 25.0. The van der Waals surface area contributed by atoms with Crippen LogP contribution in [0, 0.1) is 0 Å². The third kappa shape index (κ3) is 5.48. The Hall–Kier alpha value is -3.81. The van der Waals surface area contributed by atoms with Crippen molar-refractivity contribution in [2.75, 3.05) is 38.0 Å². The molecule has 3 aromatic carbocycles. The molecule has 4 aromatic rings. The van der Waals surface area contributed by atoms with Crippen LogP contribution in [0.2, 0.25) is 0 Å². The second-order valence-corrected chi connectivity index (χ2v) is 8.70. The predicted molar refractivity (Wildman–Crippen MR) is 137 cm³/mol. The van der Waals surface area contributed by atoms with E-state index in [1.807, 2.05) is 60.7 Å². The van der Waals surface area contributed by atoms with Gasteiger partial charge in [-0.05, 0) is 36.4 Å². The zero-order valence-corrected chi connectivity index (χ0v) is 19.9. The molecule has 1 aliphatic rings. The summed E-state index contributed by atoms with van der Waals surface area (Å²) in [4.78, 5) is 22.6. The van der Waals surface area contributed by atoms with Crippen molar-refractivity contribution in [1.29, 1.82) is 0 Å². The maximum atomic E-state index is 13.1. The van der Waals surface area contributed by atoms with Crippen molar-refractivity contribution >= 4 is 11.6 Å². The molecule has 1 aliphatic heterocycles. The summed E-state index contributed by atoms with van der Waals surface area (Å²) < 4.78 is 5.50. The van der Waals surface area contributed by atoms with Gasteiger partial charge < -0.3 is 14.7 Å². The van der Waals surface area contributed by atoms with E-state index in [2.05, 4.69) is 44.3 Å². The summed E-state index contributed by atoms with van der Waals surface area (Å²) in [6.45, 7) is 8.68. The van der Waals surface area contributed by atoms with Crippen molar-refractivity contribution in [3.05, 3.63) is 90.0 Å². The fourth-order valence-electron chi connectivity index (χ4n) is 4.32. The molecule has 1 aromatic heterocycles. The van der Waals surface area contributed by atoms with Gasteiger partial charge in [0.05, 0.1) is 11.1 Å². The van der Waals surface area contributed by atoms with Gasteiger partial charge in [-0.15, -0.1) is 0 Å². The van der Waals surface area contributed by atoms with Crippen LogP contribution in [0.1, 0.15) is 22.8 Å². The second-order valence-electron chi connectivity index (χ2n) is 8.70. The van der Waals surface area contributed by atoms with E-state index >= 15 is 0 Å². The van der Waals surface area contributed by atoms with Crippen LogP contribution >= 0.6 is 0 Å². The normalized spacial score (nSPS) is 14.7. The van der Waals surface area contributed by atoms with Crippen molar-refractivity contribution in [3.63, 3.8) is 0 Å². The van der Waals surface area contributed by atoms with Gasteiger partial charge in [0.2, 0.25) is 5.82 Å². The van der Waals surface area contributed by atoms with E-state index in [0.29, 0.717) is 22.8 Å².